The molecule has 0 atom stereocenters. The fourth-order valence-electron chi connectivity index (χ4n) is 2.43. The molecule has 0 aliphatic carbocycles. The minimum atomic E-state index is -0.0228. The molecule has 1 amide bonds. The van der Waals surface area contributed by atoms with Gasteiger partial charge in [-0.05, 0) is 25.1 Å². The van der Waals surface area contributed by atoms with Crippen molar-refractivity contribution in [2.75, 3.05) is 26.2 Å². The molecular weight excluding hydrogens is 252 g/mol. The highest BCUT2D eigenvalue weighted by Gasteiger charge is 2.21. The third kappa shape index (κ3) is 2.60. The molecule has 1 saturated heterocycles. The first kappa shape index (κ1) is 12.9. The zero-order chi connectivity index (χ0) is 13.9. The number of benzene rings is 1. The second-order valence-electron chi connectivity index (χ2n) is 5.08. The van der Waals surface area contributed by atoms with Crippen LogP contribution in [0.5, 0.6) is 0 Å². The van der Waals surface area contributed by atoms with E-state index in [0.29, 0.717) is 5.76 Å². The van der Waals surface area contributed by atoms with Crippen molar-refractivity contribution >= 4 is 5.91 Å². The van der Waals surface area contributed by atoms with Crippen molar-refractivity contribution in [3.8, 4) is 11.3 Å². The van der Waals surface area contributed by atoms with Crippen molar-refractivity contribution in [3.63, 3.8) is 0 Å². The molecule has 0 unspecified atom stereocenters. The molecule has 0 saturated carbocycles. The van der Waals surface area contributed by atoms with Gasteiger partial charge in [0.1, 0.15) is 5.76 Å². The Morgan fingerprint density at radius 3 is 2.75 bits per heavy atom. The molecule has 0 bridgehead atoms. The first-order valence-corrected chi connectivity index (χ1v) is 6.91. The molecule has 4 heteroatoms. The Labute approximate surface area is 118 Å². The van der Waals surface area contributed by atoms with Gasteiger partial charge in [-0.2, -0.15) is 0 Å². The topological polar surface area (TPSA) is 45.5 Å². The SMILES string of the molecule is Cc1cccc(-c2ccc(C(=O)N3CCNCC3)o2)c1. The van der Waals surface area contributed by atoms with Gasteiger partial charge in [-0.15, -0.1) is 0 Å². The number of rotatable bonds is 2. The first-order valence-electron chi connectivity index (χ1n) is 6.91. The molecule has 3 rings (SSSR count). The van der Waals surface area contributed by atoms with E-state index in [2.05, 4.69) is 11.4 Å². The summed E-state index contributed by atoms with van der Waals surface area (Å²) in [6.45, 7) is 5.20. The maximum absolute atomic E-state index is 12.3. The third-order valence-corrected chi connectivity index (χ3v) is 3.52. The van der Waals surface area contributed by atoms with Crippen molar-refractivity contribution < 1.29 is 9.21 Å². The molecule has 1 N–H and O–H groups in total. The number of carbonyl (C=O) groups is 1. The molecule has 0 radical (unpaired) electrons. The predicted octanol–water partition coefficient (Wildman–Crippen LogP) is 2.30. The lowest BCUT2D eigenvalue weighted by Crippen LogP contribution is -2.46. The van der Waals surface area contributed by atoms with E-state index in [1.807, 2.05) is 36.1 Å². The Hall–Kier alpha value is -2.07. The number of carbonyl (C=O) groups excluding carboxylic acids is 1. The number of hydrogen-bond acceptors (Lipinski definition) is 3. The average molecular weight is 270 g/mol. The van der Waals surface area contributed by atoms with Crippen molar-refractivity contribution in [2.24, 2.45) is 0 Å². The van der Waals surface area contributed by atoms with Crippen LogP contribution in [0.2, 0.25) is 0 Å². The molecule has 1 aliphatic heterocycles. The summed E-state index contributed by atoms with van der Waals surface area (Å²) in [5.74, 6) is 1.14. The number of furan rings is 1. The first-order chi connectivity index (χ1) is 9.74. The van der Waals surface area contributed by atoms with E-state index < -0.39 is 0 Å². The number of amides is 1. The smallest absolute Gasteiger partial charge is 0.289 e. The molecule has 4 nitrogen and oxygen atoms in total. The van der Waals surface area contributed by atoms with Crippen LogP contribution in [0.1, 0.15) is 16.1 Å². The minimum Gasteiger partial charge on any atom is -0.451 e. The Morgan fingerprint density at radius 1 is 1.20 bits per heavy atom. The highest BCUT2D eigenvalue weighted by Crippen LogP contribution is 2.23. The summed E-state index contributed by atoms with van der Waals surface area (Å²) in [5.41, 5.74) is 2.18. The lowest BCUT2D eigenvalue weighted by molar-refractivity contribution is 0.0704. The number of hydrogen-bond donors (Lipinski definition) is 1. The summed E-state index contributed by atoms with van der Waals surface area (Å²) in [5, 5.41) is 3.23. The molecule has 2 aromatic rings. The van der Waals surface area contributed by atoms with E-state index in [4.69, 9.17) is 4.42 Å². The summed E-state index contributed by atoms with van der Waals surface area (Å²) in [4.78, 5) is 14.1. The highest BCUT2D eigenvalue weighted by molar-refractivity contribution is 5.92. The minimum absolute atomic E-state index is 0.0228. The summed E-state index contributed by atoms with van der Waals surface area (Å²) < 4.78 is 5.73. The van der Waals surface area contributed by atoms with Crippen LogP contribution in [0.15, 0.2) is 40.8 Å². The van der Waals surface area contributed by atoms with Gasteiger partial charge < -0.3 is 14.6 Å². The van der Waals surface area contributed by atoms with Gasteiger partial charge in [-0.1, -0.05) is 23.8 Å². The number of aryl methyl sites for hydroxylation is 1. The molecule has 104 valence electrons. The lowest BCUT2D eigenvalue weighted by Gasteiger charge is -2.26. The zero-order valence-corrected chi connectivity index (χ0v) is 11.6. The van der Waals surface area contributed by atoms with Gasteiger partial charge in [-0.25, -0.2) is 0 Å². The Bertz CT molecular complexity index is 612. The Morgan fingerprint density at radius 2 is 2.00 bits per heavy atom. The maximum Gasteiger partial charge on any atom is 0.289 e. The number of nitrogens with one attached hydrogen (secondary N) is 1. The van der Waals surface area contributed by atoms with E-state index in [-0.39, 0.29) is 5.91 Å². The van der Waals surface area contributed by atoms with Gasteiger partial charge in [0, 0.05) is 31.7 Å². The molecule has 1 aromatic heterocycles. The van der Waals surface area contributed by atoms with E-state index in [1.54, 1.807) is 6.07 Å². The summed E-state index contributed by atoms with van der Waals surface area (Å²) in [6, 6.07) is 11.7. The maximum atomic E-state index is 12.3. The second-order valence-corrected chi connectivity index (χ2v) is 5.08. The quantitative estimate of drug-likeness (QED) is 0.910. The molecule has 1 fully saturated rings. The van der Waals surface area contributed by atoms with Crippen molar-refractivity contribution in [1.29, 1.82) is 0 Å². The molecular formula is C16H18N2O2. The van der Waals surface area contributed by atoms with Gasteiger partial charge in [0.05, 0.1) is 0 Å². The Balaban J connectivity index is 1.81. The van der Waals surface area contributed by atoms with E-state index in [9.17, 15) is 4.79 Å². The van der Waals surface area contributed by atoms with Crippen molar-refractivity contribution in [3.05, 3.63) is 47.7 Å². The average Bonchev–Trinajstić information content (AvgIpc) is 2.97. The normalized spacial score (nSPS) is 15.3. The van der Waals surface area contributed by atoms with Crippen LogP contribution in [-0.2, 0) is 0 Å². The fourth-order valence-corrected chi connectivity index (χ4v) is 2.43. The van der Waals surface area contributed by atoms with Gasteiger partial charge in [0.25, 0.3) is 5.91 Å². The van der Waals surface area contributed by atoms with Gasteiger partial charge in [-0.3, -0.25) is 4.79 Å². The largest absolute Gasteiger partial charge is 0.451 e. The molecule has 20 heavy (non-hydrogen) atoms. The monoisotopic (exact) mass is 270 g/mol. The number of nitrogens with zero attached hydrogens (tertiary/aromatic N) is 1. The van der Waals surface area contributed by atoms with E-state index in [1.165, 1.54) is 5.56 Å². The van der Waals surface area contributed by atoms with Crippen LogP contribution in [0.3, 0.4) is 0 Å². The van der Waals surface area contributed by atoms with Gasteiger partial charge in [0.2, 0.25) is 0 Å². The van der Waals surface area contributed by atoms with E-state index in [0.717, 1.165) is 37.5 Å². The van der Waals surface area contributed by atoms with Crippen molar-refractivity contribution in [2.45, 2.75) is 6.92 Å². The molecule has 0 spiro atoms. The second kappa shape index (κ2) is 5.51. The molecule has 2 heterocycles. The number of piperazine rings is 1. The van der Waals surface area contributed by atoms with E-state index >= 15 is 0 Å². The zero-order valence-electron chi connectivity index (χ0n) is 11.6. The van der Waals surface area contributed by atoms with Gasteiger partial charge in [0.15, 0.2) is 5.76 Å². The predicted molar refractivity (Wildman–Crippen MR) is 77.7 cm³/mol. The van der Waals surface area contributed by atoms with Crippen LogP contribution in [-0.4, -0.2) is 37.0 Å². The van der Waals surface area contributed by atoms with Crippen LogP contribution in [0, 0.1) is 6.92 Å². The summed E-state index contributed by atoms with van der Waals surface area (Å²) >= 11 is 0. The lowest BCUT2D eigenvalue weighted by atomic mass is 10.1. The van der Waals surface area contributed by atoms with Crippen LogP contribution in [0.25, 0.3) is 11.3 Å². The van der Waals surface area contributed by atoms with Gasteiger partial charge >= 0.3 is 0 Å². The van der Waals surface area contributed by atoms with Crippen LogP contribution < -0.4 is 5.32 Å². The summed E-state index contributed by atoms with van der Waals surface area (Å²) in [7, 11) is 0. The summed E-state index contributed by atoms with van der Waals surface area (Å²) in [6.07, 6.45) is 0. The Kier molecular flexibility index (Phi) is 3.56. The van der Waals surface area contributed by atoms with Crippen molar-refractivity contribution in [1.82, 2.24) is 10.2 Å². The third-order valence-electron chi connectivity index (χ3n) is 3.52. The molecule has 1 aromatic carbocycles. The van der Waals surface area contributed by atoms with Crippen LogP contribution in [0.4, 0.5) is 0 Å². The van der Waals surface area contributed by atoms with Crippen LogP contribution >= 0.6 is 0 Å². The fraction of sp³-hybridized carbons (Fsp3) is 0.312. The standard InChI is InChI=1S/C16H18N2O2/c1-12-3-2-4-13(11-12)14-5-6-15(20-14)16(19)18-9-7-17-8-10-18/h2-6,11,17H,7-10H2,1H3. The molecule has 1 aliphatic rings. The highest BCUT2D eigenvalue weighted by atomic mass is 16.4.